The Labute approximate surface area is 141 Å². The molecule has 1 aromatic heterocycles. The van der Waals surface area contributed by atoms with E-state index in [0.29, 0.717) is 10.8 Å². The van der Waals surface area contributed by atoms with Crippen molar-refractivity contribution >= 4 is 11.6 Å². The number of aromatic amines is 1. The van der Waals surface area contributed by atoms with Gasteiger partial charge in [0.15, 0.2) is 0 Å². The monoisotopic (exact) mass is 347 g/mol. The fourth-order valence-electron chi connectivity index (χ4n) is 3.01. The molecule has 0 aliphatic carbocycles. The van der Waals surface area contributed by atoms with E-state index >= 15 is 0 Å². The van der Waals surface area contributed by atoms with E-state index in [4.69, 9.17) is 16.3 Å². The third kappa shape index (κ3) is 2.48. The van der Waals surface area contributed by atoms with Gasteiger partial charge >= 0.3 is 0 Å². The van der Waals surface area contributed by atoms with E-state index < -0.39 is 23.3 Å². The normalized spacial score (nSPS) is 22.5. The quantitative estimate of drug-likeness (QED) is 0.727. The third-order valence-electron chi connectivity index (χ3n) is 4.16. The smallest absolute Gasteiger partial charge is 0.137 e. The van der Waals surface area contributed by atoms with Gasteiger partial charge in [-0.3, -0.25) is 5.10 Å². The Bertz CT molecular complexity index is 887. The number of hydrogen-bond donors (Lipinski definition) is 1. The van der Waals surface area contributed by atoms with Crippen LogP contribution in [-0.2, 0) is 16.8 Å². The Morgan fingerprint density at radius 2 is 2.04 bits per heavy atom. The molecular weight excluding hydrogens is 336 g/mol. The van der Waals surface area contributed by atoms with Crippen molar-refractivity contribution in [1.82, 2.24) is 15.2 Å². The van der Waals surface area contributed by atoms with Gasteiger partial charge < -0.3 is 4.74 Å². The number of benzene rings is 2. The second-order valence-corrected chi connectivity index (χ2v) is 6.05. The maximum absolute atomic E-state index is 14.4. The van der Waals surface area contributed by atoms with Crippen molar-refractivity contribution in [2.45, 2.75) is 18.1 Å². The van der Waals surface area contributed by atoms with Crippen LogP contribution in [0.2, 0.25) is 5.02 Å². The average Bonchev–Trinajstić information content (AvgIpc) is 3.01. The molecule has 2 heterocycles. The molecule has 2 atom stereocenters. The summed E-state index contributed by atoms with van der Waals surface area (Å²) in [5.74, 6) is -0.752. The minimum atomic E-state index is -0.998. The summed E-state index contributed by atoms with van der Waals surface area (Å²) in [6.45, 7) is 0. The molecule has 0 bridgehead atoms. The number of nitrogens with one attached hydrogen (secondary N) is 1. The van der Waals surface area contributed by atoms with E-state index in [1.807, 2.05) is 18.2 Å². The van der Waals surface area contributed by atoms with Gasteiger partial charge in [0.1, 0.15) is 35.5 Å². The van der Waals surface area contributed by atoms with Crippen LogP contribution >= 0.6 is 11.6 Å². The van der Waals surface area contributed by atoms with Crippen molar-refractivity contribution in [3.8, 4) is 0 Å². The van der Waals surface area contributed by atoms with Crippen LogP contribution in [0.3, 0.4) is 0 Å². The molecule has 1 fully saturated rings. The average molecular weight is 348 g/mol. The first-order valence-corrected chi connectivity index (χ1v) is 7.70. The number of H-pyrrole nitrogens is 1. The molecular formula is C17H12ClF2N3O. The predicted octanol–water partition coefficient (Wildman–Crippen LogP) is 3.95. The van der Waals surface area contributed by atoms with Crippen LogP contribution in [0.4, 0.5) is 8.78 Å². The first kappa shape index (κ1) is 15.2. The van der Waals surface area contributed by atoms with Crippen molar-refractivity contribution in [1.29, 1.82) is 0 Å². The summed E-state index contributed by atoms with van der Waals surface area (Å²) in [4.78, 5) is 4.09. The molecule has 0 amide bonds. The molecule has 4 rings (SSSR count). The van der Waals surface area contributed by atoms with Crippen LogP contribution in [0.1, 0.15) is 23.1 Å². The maximum Gasteiger partial charge on any atom is 0.137 e. The van der Waals surface area contributed by atoms with Gasteiger partial charge in [-0.15, -0.1) is 0 Å². The third-order valence-corrected chi connectivity index (χ3v) is 4.51. The maximum atomic E-state index is 14.4. The Kier molecular flexibility index (Phi) is 3.58. The predicted molar refractivity (Wildman–Crippen MR) is 83.4 cm³/mol. The van der Waals surface area contributed by atoms with Gasteiger partial charge in [0.2, 0.25) is 0 Å². The summed E-state index contributed by atoms with van der Waals surface area (Å²) in [7, 11) is 0. The van der Waals surface area contributed by atoms with E-state index in [9.17, 15) is 8.78 Å². The fourth-order valence-corrected chi connectivity index (χ4v) is 3.25. The number of epoxide rings is 1. The molecule has 1 saturated heterocycles. The van der Waals surface area contributed by atoms with E-state index in [2.05, 4.69) is 15.2 Å². The van der Waals surface area contributed by atoms with Crippen LogP contribution < -0.4 is 0 Å². The fraction of sp³-hybridized carbons (Fsp3) is 0.176. The molecule has 2 aromatic carbocycles. The number of ether oxygens (including phenoxy) is 1. The lowest BCUT2D eigenvalue weighted by molar-refractivity contribution is 0.285. The van der Waals surface area contributed by atoms with E-state index in [0.717, 1.165) is 11.6 Å². The van der Waals surface area contributed by atoms with Gasteiger partial charge in [-0.1, -0.05) is 35.9 Å². The zero-order valence-electron chi connectivity index (χ0n) is 12.3. The highest BCUT2D eigenvalue weighted by atomic mass is 35.5. The molecule has 1 aliphatic heterocycles. The summed E-state index contributed by atoms with van der Waals surface area (Å²) in [6, 6.07) is 10.7. The molecule has 3 aromatic rings. The SMILES string of the molecule is Fc1ccc(C2(Cc3ncn[nH]3)OC2c2ccccc2Cl)c(F)c1. The molecule has 24 heavy (non-hydrogen) atoms. The highest BCUT2D eigenvalue weighted by molar-refractivity contribution is 6.31. The molecule has 7 heteroatoms. The summed E-state index contributed by atoms with van der Waals surface area (Å²) < 4.78 is 33.6. The molecule has 0 saturated carbocycles. The molecule has 1 N–H and O–H groups in total. The zero-order chi connectivity index (χ0) is 16.7. The second-order valence-electron chi connectivity index (χ2n) is 5.64. The van der Waals surface area contributed by atoms with Gasteiger partial charge in [0.05, 0.1) is 0 Å². The minimum absolute atomic E-state index is 0.269. The zero-order valence-corrected chi connectivity index (χ0v) is 13.1. The molecule has 0 spiro atoms. The lowest BCUT2D eigenvalue weighted by atomic mass is 9.88. The first-order chi connectivity index (χ1) is 11.6. The summed E-state index contributed by atoms with van der Waals surface area (Å²) in [6.07, 6.45) is 1.19. The molecule has 0 radical (unpaired) electrons. The van der Waals surface area contributed by atoms with Crippen LogP contribution in [0.5, 0.6) is 0 Å². The molecule has 122 valence electrons. The molecule has 1 aliphatic rings. The van der Waals surface area contributed by atoms with Crippen LogP contribution in [0.25, 0.3) is 0 Å². The van der Waals surface area contributed by atoms with Crippen molar-refractivity contribution in [3.05, 3.63) is 82.4 Å². The van der Waals surface area contributed by atoms with Crippen LogP contribution in [0, 0.1) is 11.6 Å². The summed E-state index contributed by atoms with van der Waals surface area (Å²) in [5.41, 5.74) is 0.0232. The van der Waals surface area contributed by atoms with Crippen molar-refractivity contribution in [2.75, 3.05) is 0 Å². The number of rotatable bonds is 4. The first-order valence-electron chi connectivity index (χ1n) is 7.32. The molecule has 4 nitrogen and oxygen atoms in total. The largest absolute Gasteiger partial charge is 0.355 e. The number of hydrogen-bond acceptors (Lipinski definition) is 3. The number of aromatic nitrogens is 3. The van der Waals surface area contributed by atoms with Gasteiger partial charge in [-0.2, -0.15) is 5.10 Å². The Morgan fingerprint density at radius 1 is 1.21 bits per heavy atom. The lowest BCUT2D eigenvalue weighted by Gasteiger charge is -2.14. The van der Waals surface area contributed by atoms with Gasteiger partial charge in [0.25, 0.3) is 0 Å². The van der Waals surface area contributed by atoms with E-state index in [-0.39, 0.29) is 12.0 Å². The van der Waals surface area contributed by atoms with Crippen molar-refractivity contribution < 1.29 is 13.5 Å². The molecule has 2 unspecified atom stereocenters. The van der Waals surface area contributed by atoms with E-state index in [1.165, 1.54) is 18.5 Å². The lowest BCUT2D eigenvalue weighted by Crippen LogP contribution is -2.17. The van der Waals surface area contributed by atoms with Gasteiger partial charge in [-0.25, -0.2) is 13.8 Å². The van der Waals surface area contributed by atoms with Crippen molar-refractivity contribution in [3.63, 3.8) is 0 Å². The van der Waals surface area contributed by atoms with Crippen LogP contribution in [-0.4, -0.2) is 15.2 Å². The van der Waals surface area contributed by atoms with Gasteiger partial charge in [0, 0.05) is 28.6 Å². The van der Waals surface area contributed by atoms with E-state index in [1.54, 1.807) is 6.07 Å². The summed E-state index contributed by atoms with van der Waals surface area (Å²) >= 11 is 6.25. The van der Waals surface area contributed by atoms with Crippen LogP contribution in [0.15, 0.2) is 48.8 Å². The minimum Gasteiger partial charge on any atom is -0.355 e. The second kappa shape index (κ2) is 5.65. The standard InChI is InChI=1S/C17H12ClF2N3O/c18-13-4-2-1-3-11(13)16-17(24-16,8-15-21-9-22-23-15)12-6-5-10(19)7-14(12)20/h1-7,9,16H,8H2,(H,21,22,23). The topological polar surface area (TPSA) is 54.1 Å². The Morgan fingerprint density at radius 3 is 2.75 bits per heavy atom. The Hall–Kier alpha value is -2.31. The highest BCUT2D eigenvalue weighted by Crippen LogP contribution is 2.60. The number of halogens is 3. The van der Waals surface area contributed by atoms with Crippen molar-refractivity contribution in [2.24, 2.45) is 0 Å². The Balaban J connectivity index is 1.79. The van der Waals surface area contributed by atoms with Gasteiger partial charge in [-0.05, 0) is 12.1 Å². The number of nitrogens with zero attached hydrogens (tertiary/aromatic N) is 2. The summed E-state index contributed by atoms with van der Waals surface area (Å²) in [5, 5.41) is 7.09. The highest BCUT2D eigenvalue weighted by Gasteiger charge is 2.60.